The number of piperidine rings is 1. The number of hydrogen-bond donors (Lipinski definition) is 1. The summed E-state index contributed by atoms with van der Waals surface area (Å²) in [6.45, 7) is 1.54. The highest BCUT2D eigenvalue weighted by molar-refractivity contribution is 7.90. The van der Waals surface area contributed by atoms with Gasteiger partial charge in [-0.25, -0.2) is 8.42 Å². The van der Waals surface area contributed by atoms with Crippen LogP contribution in [0.25, 0.3) is 0 Å². The van der Waals surface area contributed by atoms with Gasteiger partial charge in [0.1, 0.15) is 17.3 Å². The van der Waals surface area contributed by atoms with Gasteiger partial charge in [0, 0.05) is 12.3 Å². The Kier molecular flexibility index (Phi) is 4.24. The Labute approximate surface area is 108 Å². The topological polar surface area (TPSA) is 55.4 Å². The molecule has 0 bridgehead atoms. The fourth-order valence-electron chi connectivity index (χ4n) is 2.13. The number of para-hydroxylation sites is 1. The fraction of sp³-hybridized carbons (Fsp3) is 0.538. The third kappa shape index (κ3) is 3.46. The second kappa shape index (κ2) is 5.71. The van der Waals surface area contributed by atoms with Crippen LogP contribution < -0.4 is 10.1 Å². The van der Waals surface area contributed by atoms with Gasteiger partial charge < -0.3 is 10.1 Å². The average molecular weight is 269 g/mol. The largest absolute Gasteiger partial charge is 0.491 e. The summed E-state index contributed by atoms with van der Waals surface area (Å²) in [6.07, 6.45) is 4.69. The highest BCUT2D eigenvalue weighted by Crippen LogP contribution is 2.23. The lowest BCUT2D eigenvalue weighted by atomic mass is 10.1. The summed E-state index contributed by atoms with van der Waals surface area (Å²) in [5.74, 6) is 0.451. The van der Waals surface area contributed by atoms with Gasteiger partial charge in [0.2, 0.25) is 0 Å². The molecular formula is C13H19NO3S. The molecule has 18 heavy (non-hydrogen) atoms. The molecule has 1 aliphatic rings. The van der Waals surface area contributed by atoms with Gasteiger partial charge in [0.05, 0.1) is 0 Å². The first-order valence-electron chi connectivity index (χ1n) is 6.22. The van der Waals surface area contributed by atoms with E-state index in [1.54, 1.807) is 24.3 Å². The van der Waals surface area contributed by atoms with Crippen molar-refractivity contribution < 1.29 is 13.2 Å². The van der Waals surface area contributed by atoms with E-state index >= 15 is 0 Å². The Hall–Kier alpha value is -1.07. The van der Waals surface area contributed by atoms with Gasteiger partial charge in [-0.05, 0) is 31.5 Å². The number of sulfone groups is 1. The van der Waals surface area contributed by atoms with Crippen molar-refractivity contribution in [1.29, 1.82) is 0 Å². The molecule has 100 valence electrons. The summed E-state index contributed by atoms with van der Waals surface area (Å²) >= 11 is 0. The highest BCUT2D eigenvalue weighted by atomic mass is 32.2. The predicted octanol–water partition coefficient (Wildman–Crippen LogP) is 1.61. The lowest BCUT2D eigenvalue weighted by Gasteiger charge is -2.23. The summed E-state index contributed by atoms with van der Waals surface area (Å²) in [4.78, 5) is 0.265. The molecule has 1 unspecified atom stereocenters. The zero-order valence-electron chi connectivity index (χ0n) is 10.6. The first kappa shape index (κ1) is 13.4. The number of nitrogens with one attached hydrogen (secondary N) is 1. The van der Waals surface area contributed by atoms with Gasteiger partial charge in [-0.1, -0.05) is 18.6 Å². The Morgan fingerprint density at radius 1 is 1.33 bits per heavy atom. The number of ether oxygens (including phenoxy) is 1. The maximum absolute atomic E-state index is 11.6. The quantitative estimate of drug-likeness (QED) is 0.902. The first-order chi connectivity index (χ1) is 8.57. The Morgan fingerprint density at radius 2 is 2.11 bits per heavy atom. The van der Waals surface area contributed by atoms with E-state index in [9.17, 15) is 8.42 Å². The first-order valence-corrected chi connectivity index (χ1v) is 8.12. The molecule has 1 aromatic rings. The molecule has 0 spiro atoms. The van der Waals surface area contributed by atoms with E-state index in [1.165, 1.54) is 19.1 Å². The molecule has 1 aliphatic heterocycles. The van der Waals surface area contributed by atoms with Crippen LogP contribution in [0.5, 0.6) is 5.75 Å². The number of benzene rings is 1. The normalized spacial score (nSPS) is 20.6. The molecule has 0 amide bonds. The molecule has 4 nitrogen and oxygen atoms in total. The van der Waals surface area contributed by atoms with Crippen molar-refractivity contribution in [2.75, 3.05) is 19.4 Å². The predicted molar refractivity (Wildman–Crippen MR) is 70.7 cm³/mol. The zero-order chi connectivity index (χ0) is 13.0. The summed E-state index contributed by atoms with van der Waals surface area (Å²) in [5, 5.41) is 3.37. The Bertz CT molecular complexity index is 493. The van der Waals surface area contributed by atoms with Crippen LogP contribution in [0.1, 0.15) is 19.3 Å². The fourth-order valence-corrected chi connectivity index (χ4v) is 2.95. The molecule has 1 saturated heterocycles. The standard InChI is InChI=1S/C13H19NO3S/c1-18(15,16)13-8-3-2-7-12(13)17-10-11-6-4-5-9-14-11/h2-3,7-8,11,14H,4-6,9-10H2,1H3. The molecule has 2 rings (SSSR count). The SMILES string of the molecule is CS(=O)(=O)c1ccccc1OCC1CCCCN1. The number of hydrogen-bond acceptors (Lipinski definition) is 4. The van der Waals surface area contributed by atoms with Gasteiger partial charge in [-0.15, -0.1) is 0 Å². The van der Waals surface area contributed by atoms with E-state index < -0.39 is 9.84 Å². The number of rotatable bonds is 4. The van der Waals surface area contributed by atoms with Crippen LogP contribution in [0.4, 0.5) is 0 Å². The molecule has 0 aliphatic carbocycles. The van der Waals surface area contributed by atoms with Crippen LogP contribution >= 0.6 is 0 Å². The third-order valence-corrected chi connectivity index (χ3v) is 4.24. The molecule has 1 N–H and O–H groups in total. The van der Waals surface area contributed by atoms with Crippen LogP contribution in [0, 0.1) is 0 Å². The van der Waals surface area contributed by atoms with E-state index in [2.05, 4.69) is 5.32 Å². The molecular weight excluding hydrogens is 250 g/mol. The molecule has 1 heterocycles. The third-order valence-electron chi connectivity index (χ3n) is 3.10. The van der Waals surface area contributed by atoms with Crippen molar-refractivity contribution in [3.05, 3.63) is 24.3 Å². The molecule has 5 heteroatoms. The van der Waals surface area contributed by atoms with Crippen molar-refractivity contribution in [3.63, 3.8) is 0 Å². The second-order valence-corrected chi connectivity index (χ2v) is 6.66. The lowest BCUT2D eigenvalue weighted by molar-refractivity contribution is 0.234. The van der Waals surface area contributed by atoms with Crippen LogP contribution in [-0.2, 0) is 9.84 Å². The van der Waals surface area contributed by atoms with Crippen molar-refractivity contribution in [3.8, 4) is 5.75 Å². The summed E-state index contributed by atoms with van der Waals surface area (Å²) in [7, 11) is -3.23. The van der Waals surface area contributed by atoms with Gasteiger partial charge in [0.25, 0.3) is 0 Å². The minimum atomic E-state index is -3.23. The van der Waals surface area contributed by atoms with E-state index in [4.69, 9.17) is 4.74 Å². The van der Waals surface area contributed by atoms with Crippen LogP contribution in [0.3, 0.4) is 0 Å². The minimum absolute atomic E-state index is 0.265. The van der Waals surface area contributed by atoms with Crippen LogP contribution in [0.2, 0.25) is 0 Å². The van der Waals surface area contributed by atoms with Crippen molar-refractivity contribution >= 4 is 9.84 Å². The lowest BCUT2D eigenvalue weighted by Crippen LogP contribution is -2.38. The van der Waals surface area contributed by atoms with Crippen LogP contribution in [0.15, 0.2) is 29.2 Å². The summed E-state index contributed by atoms with van der Waals surface area (Å²) < 4.78 is 28.9. The van der Waals surface area contributed by atoms with Crippen molar-refractivity contribution in [1.82, 2.24) is 5.32 Å². The molecule has 1 aromatic carbocycles. The molecule has 0 aromatic heterocycles. The van der Waals surface area contributed by atoms with Gasteiger partial charge in [-0.2, -0.15) is 0 Å². The highest BCUT2D eigenvalue weighted by Gasteiger charge is 2.17. The molecule has 0 radical (unpaired) electrons. The summed E-state index contributed by atoms with van der Waals surface area (Å²) in [5.41, 5.74) is 0. The van der Waals surface area contributed by atoms with E-state index in [0.29, 0.717) is 18.4 Å². The molecule has 1 atom stereocenters. The van der Waals surface area contributed by atoms with E-state index in [1.807, 2.05) is 0 Å². The molecule has 0 saturated carbocycles. The van der Waals surface area contributed by atoms with Gasteiger partial charge in [-0.3, -0.25) is 0 Å². The second-order valence-electron chi connectivity index (χ2n) is 4.68. The Balaban J connectivity index is 2.05. The van der Waals surface area contributed by atoms with Crippen molar-refractivity contribution in [2.45, 2.75) is 30.2 Å². The van der Waals surface area contributed by atoms with E-state index in [0.717, 1.165) is 13.0 Å². The monoisotopic (exact) mass is 269 g/mol. The zero-order valence-corrected chi connectivity index (χ0v) is 11.4. The Morgan fingerprint density at radius 3 is 2.78 bits per heavy atom. The summed E-state index contributed by atoms with van der Waals surface area (Å²) in [6, 6.07) is 7.12. The average Bonchev–Trinajstić information content (AvgIpc) is 2.37. The van der Waals surface area contributed by atoms with Gasteiger partial charge >= 0.3 is 0 Å². The van der Waals surface area contributed by atoms with Gasteiger partial charge in [0.15, 0.2) is 9.84 Å². The minimum Gasteiger partial charge on any atom is -0.491 e. The maximum atomic E-state index is 11.6. The van der Waals surface area contributed by atoms with Crippen LogP contribution in [-0.4, -0.2) is 33.9 Å². The molecule has 1 fully saturated rings. The maximum Gasteiger partial charge on any atom is 0.179 e. The smallest absolute Gasteiger partial charge is 0.179 e. The van der Waals surface area contributed by atoms with Crippen molar-refractivity contribution in [2.24, 2.45) is 0 Å². The van der Waals surface area contributed by atoms with E-state index in [-0.39, 0.29) is 4.90 Å².